The fourth-order valence-electron chi connectivity index (χ4n) is 2.72. The topological polar surface area (TPSA) is 138 Å². The molecule has 2 rings (SSSR count). The SMILES string of the molecule is CCOC1C[C@@H](O)C(O)[C@@H](CO[C@@H]2CC(O)[C@H](O)C(CO)O2)O1. The maximum absolute atomic E-state index is 9.96. The third kappa shape index (κ3) is 4.81. The molecule has 0 amide bonds. The van der Waals surface area contributed by atoms with Gasteiger partial charge in [0.25, 0.3) is 0 Å². The number of aliphatic hydroxyl groups is 5. The van der Waals surface area contributed by atoms with E-state index in [0.29, 0.717) is 6.61 Å². The number of hydrogen-bond acceptors (Lipinski definition) is 9. The molecule has 4 unspecified atom stereocenters. The first-order valence-electron chi connectivity index (χ1n) is 7.83. The van der Waals surface area contributed by atoms with Crippen LogP contribution >= 0.6 is 0 Å². The molecule has 9 nitrogen and oxygen atoms in total. The molecule has 0 aromatic carbocycles. The summed E-state index contributed by atoms with van der Waals surface area (Å²) in [7, 11) is 0. The first kappa shape index (κ1) is 19.0. The summed E-state index contributed by atoms with van der Waals surface area (Å²) in [6.07, 6.45) is -7.41. The summed E-state index contributed by atoms with van der Waals surface area (Å²) in [6.45, 7) is 1.66. The van der Waals surface area contributed by atoms with E-state index >= 15 is 0 Å². The highest BCUT2D eigenvalue weighted by atomic mass is 16.7. The van der Waals surface area contributed by atoms with Gasteiger partial charge in [0.1, 0.15) is 24.4 Å². The molecule has 0 aromatic rings. The van der Waals surface area contributed by atoms with Crippen molar-refractivity contribution in [2.24, 2.45) is 0 Å². The lowest BCUT2D eigenvalue weighted by molar-refractivity contribution is -0.291. The van der Waals surface area contributed by atoms with E-state index in [1.165, 1.54) is 0 Å². The minimum atomic E-state index is -1.18. The van der Waals surface area contributed by atoms with Crippen LogP contribution in [0.3, 0.4) is 0 Å². The summed E-state index contributed by atoms with van der Waals surface area (Å²) in [5.74, 6) is 0. The van der Waals surface area contributed by atoms with Crippen molar-refractivity contribution in [3.05, 3.63) is 0 Å². The molecule has 2 aliphatic rings. The van der Waals surface area contributed by atoms with Crippen molar-refractivity contribution >= 4 is 0 Å². The van der Waals surface area contributed by atoms with E-state index < -0.39 is 55.8 Å². The Morgan fingerprint density at radius 1 is 0.870 bits per heavy atom. The maximum Gasteiger partial charge on any atom is 0.160 e. The van der Waals surface area contributed by atoms with Crippen molar-refractivity contribution in [1.82, 2.24) is 0 Å². The van der Waals surface area contributed by atoms with Crippen LogP contribution in [0.1, 0.15) is 19.8 Å². The van der Waals surface area contributed by atoms with Crippen LogP contribution in [0.5, 0.6) is 0 Å². The Morgan fingerprint density at radius 3 is 1.96 bits per heavy atom. The zero-order chi connectivity index (χ0) is 17.0. The van der Waals surface area contributed by atoms with Gasteiger partial charge in [-0.05, 0) is 6.92 Å². The molecule has 8 atom stereocenters. The number of hydrogen-bond donors (Lipinski definition) is 5. The lowest BCUT2D eigenvalue weighted by Gasteiger charge is -2.39. The van der Waals surface area contributed by atoms with Crippen molar-refractivity contribution in [1.29, 1.82) is 0 Å². The second-order valence-corrected chi connectivity index (χ2v) is 5.77. The van der Waals surface area contributed by atoms with Crippen LogP contribution in [-0.4, -0.2) is 94.6 Å². The molecule has 0 bridgehead atoms. The largest absolute Gasteiger partial charge is 0.394 e. The molecule has 0 radical (unpaired) electrons. The zero-order valence-electron chi connectivity index (χ0n) is 13.0. The first-order valence-corrected chi connectivity index (χ1v) is 7.83. The molecule has 9 heteroatoms. The second kappa shape index (κ2) is 8.65. The molecule has 2 heterocycles. The highest BCUT2D eigenvalue weighted by molar-refractivity contribution is 4.85. The molecule has 0 saturated carbocycles. The Balaban J connectivity index is 1.86. The predicted octanol–water partition coefficient (Wildman–Crippen LogP) is -2.29. The summed E-state index contributed by atoms with van der Waals surface area (Å²) in [5, 5.41) is 48.3. The van der Waals surface area contributed by atoms with Crippen LogP contribution in [0.25, 0.3) is 0 Å². The zero-order valence-corrected chi connectivity index (χ0v) is 13.0. The lowest BCUT2D eigenvalue weighted by atomic mass is 10.0. The molecule has 2 aliphatic heterocycles. The van der Waals surface area contributed by atoms with Gasteiger partial charge in [0.05, 0.1) is 25.4 Å². The second-order valence-electron chi connectivity index (χ2n) is 5.77. The average Bonchev–Trinajstić information content (AvgIpc) is 2.52. The average molecular weight is 338 g/mol. The molecule has 2 fully saturated rings. The minimum absolute atomic E-state index is 0.0257. The number of ether oxygens (including phenoxy) is 4. The summed E-state index contributed by atoms with van der Waals surface area (Å²) >= 11 is 0. The monoisotopic (exact) mass is 338 g/mol. The summed E-state index contributed by atoms with van der Waals surface area (Å²) in [5.41, 5.74) is 0. The molecule has 23 heavy (non-hydrogen) atoms. The minimum Gasteiger partial charge on any atom is -0.394 e. The van der Waals surface area contributed by atoms with Crippen molar-refractivity contribution in [2.75, 3.05) is 19.8 Å². The maximum atomic E-state index is 9.96. The Hall–Kier alpha value is -0.360. The van der Waals surface area contributed by atoms with Crippen molar-refractivity contribution in [2.45, 2.75) is 69.0 Å². The molecular formula is C14H26O9. The van der Waals surface area contributed by atoms with Crippen molar-refractivity contribution < 1.29 is 44.5 Å². The van der Waals surface area contributed by atoms with Crippen molar-refractivity contribution in [3.8, 4) is 0 Å². The normalized spacial score (nSPS) is 45.1. The van der Waals surface area contributed by atoms with Gasteiger partial charge >= 0.3 is 0 Å². The Morgan fingerprint density at radius 2 is 1.39 bits per heavy atom. The summed E-state index contributed by atoms with van der Waals surface area (Å²) in [4.78, 5) is 0. The van der Waals surface area contributed by atoms with E-state index in [-0.39, 0.29) is 19.4 Å². The van der Waals surface area contributed by atoms with E-state index in [1.54, 1.807) is 6.92 Å². The van der Waals surface area contributed by atoms with Gasteiger partial charge in [-0.2, -0.15) is 0 Å². The van der Waals surface area contributed by atoms with Gasteiger partial charge in [-0.15, -0.1) is 0 Å². The molecule has 2 saturated heterocycles. The first-order chi connectivity index (χ1) is 11.0. The molecule has 136 valence electrons. The van der Waals surface area contributed by atoms with E-state index in [2.05, 4.69) is 0 Å². The van der Waals surface area contributed by atoms with Crippen LogP contribution in [0, 0.1) is 0 Å². The molecule has 0 spiro atoms. The smallest absolute Gasteiger partial charge is 0.160 e. The van der Waals surface area contributed by atoms with Gasteiger partial charge in [-0.1, -0.05) is 0 Å². The Kier molecular flexibility index (Phi) is 7.14. The van der Waals surface area contributed by atoms with E-state index in [0.717, 1.165) is 0 Å². The highest BCUT2D eigenvalue weighted by Crippen LogP contribution is 2.25. The lowest BCUT2D eigenvalue weighted by Crippen LogP contribution is -2.53. The van der Waals surface area contributed by atoms with Crippen molar-refractivity contribution in [3.63, 3.8) is 0 Å². The molecular weight excluding hydrogens is 312 g/mol. The van der Waals surface area contributed by atoms with Crippen LogP contribution in [0.15, 0.2) is 0 Å². The summed E-state index contributed by atoms with van der Waals surface area (Å²) < 4.78 is 21.6. The van der Waals surface area contributed by atoms with Gasteiger partial charge in [-0.3, -0.25) is 0 Å². The van der Waals surface area contributed by atoms with Gasteiger partial charge in [0, 0.05) is 19.4 Å². The van der Waals surface area contributed by atoms with Gasteiger partial charge < -0.3 is 44.5 Å². The van der Waals surface area contributed by atoms with Gasteiger partial charge in [-0.25, -0.2) is 0 Å². The highest BCUT2D eigenvalue weighted by Gasteiger charge is 2.40. The number of aliphatic hydroxyl groups excluding tert-OH is 5. The standard InChI is InChI=1S/C14H26O9/c1-2-20-11-3-8(17)14(19)10(23-11)6-21-12-4-7(16)13(18)9(5-15)22-12/h7-19H,2-6H2,1H3/t7?,8-,9?,10-,11?,12+,13+,14?/m1/s1. The van der Waals surface area contributed by atoms with Crippen LogP contribution in [0.2, 0.25) is 0 Å². The van der Waals surface area contributed by atoms with Gasteiger partial charge in [0.15, 0.2) is 12.6 Å². The third-order valence-corrected chi connectivity index (χ3v) is 4.05. The van der Waals surface area contributed by atoms with Crippen LogP contribution in [-0.2, 0) is 18.9 Å². The van der Waals surface area contributed by atoms with Crippen LogP contribution in [0.4, 0.5) is 0 Å². The fraction of sp³-hybridized carbons (Fsp3) is 1.00. The Labute approximate surface area is 134 Å². The predicted molar refractivity (Wildman–Crippen MR) is 75.2 cm³/mol. The van der Waals surface area contributed by atoms with E-state index in [1.807, 2.05) is 0 Å². The number of rotatable bonds is 6. The van der Waals surface area contributed by atoms with Crippen LogP contribution < -0.4 is 0 Å². The molecule has 0 aliphatic carbocycles. The molecule has 5 N–H and O–H groups in total. The molecule has 0 aromatic heterocycles. The summed E-state index contributed by atoms with van der Waals surface area (Å²) in [6, 6.07) is 0. The van der Waals surface area contributed by atoms with E-state index in [4.69, 9.17) is 24.1 Å². The third-order valence-electron chi connectivity index (χ3n) is 4.05. The Bertz CT molecular complexity index is 355. The van der Waals surface area contributed by atoms with Gasteiger partial charge in [0.2, 0.25) is 0 Å². The van der Waals surface area contributed by atoms with E-state index in [9.17, 15) is 20.4 Å². The fourth-order valence-corrected chi connectivity index (χ4v) is 2.72. The quantitative estimate of drug-likeness (QED) is 0.362.